The maximum Gasteiger partial charge on any atom is 0.336 e. The van der Waals surface area contributed by atoms with Crippen LogP contribution >= 0.6 is 11.3 Å². The molecule has 5 nitrogen and oxygen atoms in total. The van der Waals surface area contributed by atoms with Gasteiger partial charge < -0.3 is 14.9 Å². The second-order valence-electron chi connectivity index (χ2n) is 5.40. The van der Waals surface area contributed by atoms with Gasteiger partial charge in [-0.3, -0.25) is 0 Å². The number of methoxy groups -OCH3 is 1. The van der Waals surface area contributed by atoms with Gasteiger partial charge in [-0.25, -0.2) is 9.78 Å². The number of thiazole rings is 1. The summed E-state index contributed by atoms with van der Waals surface area (Å²) in [6.45, 7) is 3.94. The minimum Gasteiger partial charge on any atom is -0.507 e. The van der Waals surface area contributed by atoms with Crippen LogP contribution in [0.2, 0.25) is 0 Å². The Morgan fingerprint density at radius 1 is 1.38 bits per heavy atom. The predicted molar refractivity (Wildman–Crippen MR) is 95.4 cm³/mol. The highest BCUT2D eigenvalue weighted by molar-refractivity contribution is 7.10. The molecule has 2 aromatic rings. The molecule has 0 aliphatic heterocycles. The number of allylic oxidation sites excluding steroid dienone is 2. The van der Waals surface area contributed by atoms with Gasteiger partial charge in [-0.1, -0.05) is 11.6 Å². The van der Waals surface area contributed by atoms with E-state index in [1.54, 1.807) is 17.6 Å². The fraction of sp³-hybridized carbons (Fsp3) is 0.222. The number of hydrogen-bond acceptors (Lipinski definition) is 5. The molecule has 0 radical (unpaired) electrons. The lowest BCUT2D eigenvalue weighted by molar-refractivity contribution is -0.130. The Hall–Kier alpha value is -2.60. The molecule has 24 heavy (non-hydrogen) atoms. The van der Waals surface area contributed by atoms with E-state index < -0.39 is 5.97 Å². The Labute approximate surface area is 144 Å². The number of aromatic hydroxyl groups is 1. The van der Waals surface area contributed by atoms with Crippen molar-refractivity contribution in [3.63, 3.8) is 0 Å². The first-order chi connectivity index (χ1) is 11.4. The molecule has 6 heteroatoms. The minimum atomic E-state index is -1.09. The van der Waals surface area contributed by atoms with E-state index in [0.717, 1.165) is 5.57 Å². The van der Waals surface area contributed by atoms with Crippen LogP contribution in [0, 0.1) is 0 Å². The molecule has 0 aliphatic carbocycles. The molecule has 2 rings (SSSR count). The van der Waals surface area contributed by atoms with Crippen molar-refractivity contribution in [1.29, 1.82) is 0 Å². The lowest BCUT2D eigenvalue weighted by atomic mass is 9.99. The molecule has 1 aromatic carbocycles. The quantitative estimate of drug-likeness (QED) is 0.611. The molecular formula is C18H19NO4S. The van der Waals surface area contributed by atoms with Gasteiger partial charge in [0.2, 0.25) is 0 Å². The number of aliphatic carboxylic acids is 1. The molecule has 0 bridgehead atoms. The topological polar surface area (TPSA) is 79.7 Å². The summed E-state index contributed by atoms with van der Waals surface area (Å²) in [5, 5.41) is 22.2. The van der Waals surface area contributed by atoms with Gasteiger partial charge in [-0.05, 0) is 44.0 Å². The minimum absolute atomic E-state index is 0.00754. The number of phenolic OH excluding ortho intramolecular Hbond substituents is 1. The lowest BCUT2D eigenvalue weighted by Gasteiger charge is -2.12. The van der Waals surface area contributed by atoms with Crippen LogP contribution in [0.4, 0.5) is 0 Å². The van der Waals surface area contributed by atoms with Crippen LogP contribution in [0.3, 0.4) is 0 Å². The first kappa shape index (κ1) is 17.7. The van der Waals surface area contributed by atoms with E-state index in [4.69, 9.17) is 4.74 Å². The van der Waals surface area contributed by atoms with Gasteiger partial charge in [0.1, 0.15) is 16.5 Å². The van der Waals surface area contributed by atoms with E-state index in [-0.39, 0.29) is 11.3 Å². The molecule has 126 valence electrons. The first-order valence-electron chi connectivity index (χ1n) is 7.30. The van der Waals surface area contributed by atoms with Crippen molar-refractivity contribution in [3.05, 3.63) is 51.5 Å². The molecule has 0 atom stereocenters. The van der Waals surface area contributed by atoms with Gasteiger partial charge in [-0.2, -0.15) is 0 Å². The van der Waals surface area contributed by atoms with Crippen LogP contribution in [-0.2, 0) is 11.2 Å². The normalized spacial score (nSPS) is 11.2. The highest BCUT2D eigenvalue weighted by atomic mass is 32.1. The summed E-state index contributed by atoms with van der Waals surface area (Å²) in [6.07, 6.45) is 5.57. The number of ether oxygens (including phenoxy) is 1. The fourth-order valence-electron chi connectivity index (χ4n) is 2.18. The maximum absolute atomic E-state index is 11.6. The number of rotatable bonds is 6. The fourth-order valence-corrected chi connectivity index (χ4v) is 2.75. The van der Waals surface area contributed by atoms with Gasteiger partial charge >= 0.3 is 5.97 Å². The van der Waals surface area contributed by atoms with Crippen LogP contribution < -0.4 is 4.74 Å². The molecule has 0 saturated carbocycles. The third-order valence-electron chi connectivity index (χ3n) is 3.38. The number of carboxylic acid groups (broad SMARTS) is 1. The summed E-state index contributed by atoms with van der Waals surface area (Å²) in [4.78, 5) is 15.7. The van der Waals surface area contributed by atoms with E-state index >= 15 is 0 Å². The molecular weight excluding hydrogens is 326 g/mol. The Balaban J connectivity index is 2.52. The summed E-state index contributed by atoms with van der Waals surface area (Å²) >= 11 is 1.34. The molecule has 0 fully saturated rings. The van der Waals surface area contributed by atoms with Crippen LogP contribution in [0.1, 0.15) is 30.0 Å². The Kier molecular flexibility index (Phi) is 5.76. The van der Waals surface area contributed by atoms with Crippen molar-refractivity contribution in [3.8, 4) is 11.5 Å². The van der Waals surface area contributed by atoms with Crippen LogP contribution in [0.15, 0.2) is 35.4 Å². The molecule has 0 unspecified atom stereocenters. The SMILES string of the molecule is COc1cc(/C(=C\c2nccs2)C(=O)O)cc(O)c1CC=C(C)C. The van der Waals surface area contributed by atoms with Crippen molar-refractivity contribution in [2.24, 2.45) is 0 Å². The zero-order valence-electron chi connectivity index (χ0n) is 13.7. The van der Waals surface area contributed by atoms with E-state index in [1.165, 1.54) is 30.6 Å². The second-order valence-corrected chi connectivity index (χ2v) is 6.32. The average molecular weight is 345 g/mol. The monoisotopic (exact) mass is 345 g/mol. The molecule has 1 heterocycles. The number of phenols is 1. The Bertz CT molecular complexity index is 788. The molecule has 0 saturated heterocycles. The Morgan fingerprint density at radius 3 is 2.67 bits per heavy atom. The van der Waals surface area contributed by atoms with E-state index in [1.807, 2.05) is 19.9 Å². The van der Waals surface area contributed by atoms with Gasteiger partial charge in [0.05, 0.1) is 12.7 Å². The average Bonchev–Trinajstić information content (AvgIpc) is 3.03. The molecule has 0 aliphatic rings. The van der Waals surface area contributed by atoms with E-state index in [0.29, 0.717) is 28.3 Å². The standard InChI is InChI=1S/C18H19NO4S/c1-11(2)4-5-13-15(20)8-12(9-16(13)23-3)14(18(21)22)10-17-19-6-7-24-17/h4,6-10,20H,5H2,1-3H3,(H,21,22)/b14-10+. The maximum atomic E-state index is 11.6. The largest absolute Gasteiger partial charge is 0.507 e. The number of nitrogens with zero attached hydrogens (tertiary/aromatic N) is 1. The summed E-state index contributed by atoms with van der Waals surface area (Å²) < 4.78 is 5.34. The van der Waals surface area contributed by atoms with Gasteiger partial charge in [0.25, 0.3) is 0 Å². The molecule has 0 amide bonds. The summed E-state index contributed by atoms with van der Waals surface area (Å²) in [6, 6.07) is 3.08. The van der Waals surface area contributed by atoms with E-state index in [9.17, 15) is 15.0 Å². The van der Waals surface area contributed by atoms with Crippen molar-refractivity contribution < 1.29 is 19.7 Å². The van der Waals surface area contributed by atoms with Gasteiger partial charge in [0, 0.05) is 17.1 Å². The third kappa shape index (κ3) is 4.23. The van der Waals surface area contributed by atoms with Crippen molar-refractivity contribution >= 4 is 29.0 Å². The van der Waals surface area contributed by atoms with Gasteiger partial charge in [-0.15, -0.1) is 11.3 Å². The first-order valence-corrected chi connectivity index (χ1v) is 8.18. The smallest absolute Gasteiger partial charge is 0.336 e. The number of carbonyl (C=O) groups is 1. The molecule has 2 N–H and O–H groups in total. The number of carboxylic acids is 1. The highest BCUT2D eigenvalue weighted by Gasteiger charge is 2.17. The lowest BCUT2D eigenvalue weighted by Crippen LogP contribution is -2.02. The Morgan fingerprint density at radius 2 is 2.12 bits per heavy atom. The van der Waals surface area contributed by atoms with E-state index in [2.05, 4.69) is 4.98 Å². The number of benzene rings is 1. The number of aromatic nitrogens is 1. The molecule has 1 aromatic heterocycles. The van der Waals surface area contributed by atoms with Crippen LogP contribution in [-0.4, -0.2) is 28.3 Å². The summed E-state index contributed by atoms with van der Waals surface area (Å²) in [5.74, 6) is -0.634. The zero-order valence-corrected chi connectivity index (χ0v) is 14.6. The second kappa shape index (κ2) is 7.79. The molecule has 0 spiro atoms. The van der Waals surface area contributed by atoms with Crippen molar-refractivity contribution in [2.75, 3.05) is 7.11 Å². The zero-order chi connectivity index (χ0) is 17.7. The third-order valence-corrected chi connectivity index (χ3v) is 4.10. The van der Waals surface area contributed by atoms with Crippen molar-refractivity contribution in [2.45, 2.75) is 20.3 Å². The number of hydrogen-bond donors (Lipinski definition) is 2. The van der Waals surface area contributed by atoms with Gasteiger partial charge in [0.15, 0.2) is 0 Å². The predicted octanol–water partition coefficient (Wildman–Crippen LogP) is 3.99. The van der Waals surface area contributed by atoms with Crippen molar-refractivity contribution in [1.82, 2.24) is 4.98 Å². The van der Waals surface area contributed by atoms with Crippen LogP contribution in [0.25, 0.3) is 11.6 Å². The van der Waals surface area contributed by atoms with Crippen LogP contribution in [0.5, 0.6) is 11.5 Å². The highest BCUT2D eigenvalue weighted by Crippen LogP contribution is 2.34. The summed E-state index contributed by atoms with van der Waals surface area (Å²) in [5.41, 5.74) is 2.16. The summed E-state index contributed by atoms with van der Waals surface area (Å²) in [7, 11) is 1.50.